The van der Waals surface area contributed by atoms with Crippen molar-refractivity contribution in [2.45, 2.75) is 12.2 Å². The lowest BCUT2D eigenvalue weighted by Gasteiger charge is -2.17. The van der Waals surface area contributed by atoms with Gasteiger partial charge in [0.25, 0.3) is 0 Å². The molecule has 0 aliphatic heterocycles. The number of aliphatic hydroxyl groups is 2. The molecule has 2 atom stereocenters. The quantitative estimate of drug-likeness (QED) is 0.402. The van der Waals surface area contributed by atoms with Crippen LogP contribution in [0.15, 0.2) is 109 Å². The summed E-state index contributed by atoms with van der Waals surface area (Å²) in [4.78, 5) is 26.4. The van der Waals surface area contributed by atoms with E-state index in [1.165, 1.54) is 0 Å². The zero-order valence-corrected chi connectivity index (χ0v) is 17.3. The highest BCUT2D eigenvalue weighted by atomic mass is 16.3. The molecule has 0 saturated carbocycles. The first-order valence-corrected chi connectivity index (χ1v) is 10.3. The van der Waals surface area contributed by atoms with Crippen LogP contribution in [0.3, 0.4) is 0 Å². The molecule has 0 bridgehead atoms. The van der Waals surface area contributed by atoms with Gasteiger partial charge < -0.3 is 10.2 Å². The number of carbonyl (C=O) groups excluding carboxylic acids is 2. The Morgan fingerprint density at radius 1 is 0.469 bits per heavy atom. The fourth-order valence-electron chi connectivity index (χ4n) is 3.73. The highest BCUT2D eigenvalue weighted by molar-refractivity contribution is 6.10. The second kappa shape index (κ2) is 9.52. The molecule has 0 aliphatic rings. The van der Waals surface area contributed by atoms with Crippen LogP contribution in [-0.4, -0.2) is 21.8 Å². The molecule has 4 rings (SSSR count). The minimum Gasteiger partial charge on any atom is -0.380 e. The monoisotopic (exact) mass is 422 g/mol. The summed E-state index contributed by atoms with van der Waals surface area (Å²) in [5.74, 6) is -0.921. The van der Waals surface area contributed by atoms with Crippen LogP contribution in [0.25, 0.3) is 11.1 Å². The highest BCUT2D eigenvalue weighted by Crippen LogP contribution is 2.32. The SMILES string of the molecule is O=C(c1ccccc1-c1ccccc1C(=O)C(O)c1ccccc1)C(O)c1ccccc1. The molecule has 0 heterocycles. The normalized spacial score (nSPS) is 12.7. The van der Waals surface area contributed by atoms with E-state index in [2.05, 4.69) is 0 Å². The Labute approximate surface area is 186 Å². The van der Waals surface area contributed by atoms with Crippen LogP contribution >= 0.6 is 0 Å². The van der Waals surface area contributed by atoms with E-state index < -0.39 is 23.8 Å². The van der Waals surface area contributed by atoms with Crippen molar-refractivity contribution in [1.29, 1.82) is 0 Å². The predicted octanol–water partition coefficient (Wildman–Crippen LogP) is 5.19. The summed E-state index contributed by atoms with van der Waals surface area (Å²) in [6.07, 6.45) is -2.65. The smallest absolute Gasteiger partial charge is 0.196 e. The maximum Gasteiger partial charge on any atom is 0.196 e. The summed E-state index contributed by atoms with van der Waals surface area (Å²) in [5.41, 5.74) is 2.65. The third kappa shape index (κ3) is 4.28. The van der Waals surface area contributed by atoms with Crippen LogP contribution in [-0.2, 0) is 0 Å². The summed E-state index contributed by atoms with van der Waals surface area (Å²) < 4.78 is 0. The van der Waals surface area contributed by atoms with Gasteiger partial charge in [0.2, 0.25) is 0 Å². The number of rotatable bonds is 7. The molecule has 4 heteroatoms. The number of hydrogen-bond donors (Lipinski definition) is 2. The topological polar surface area (TPSA) is 74.6 Å². The first-order valence-electron chi connectivity index (χ1n) is 10.3. The molecule has 4 nitrogen and oxygen atoms in total. The van der Waals surface area contributed by atoms with Gasteiger partial charge in [-0.3, -0.25) is 9.59 Å². The fraction of sp³-hybridized carbons (Fsp3) is 0.0714. The number of benzene rings is 4. The average molecular weight is 422 g/mol. The van der Waals surface area contributed by atoms with Crippen LogP contribution in [0, 0.1) is 0 Å². The summed E-state index contributed by atoms with van der Waals surface area (Å²) in [6, 6.07) is 31.2. The molecule has 0 fully saturated rings. The number of aliphatic hydroxyl groups excluding tert-OH is 2. The van der Waals surface area contributed by atoms with Gasteiger partial charge in [-0.15, -0.1) is 0 Å². The summed E-state index contributed by atoms with van der Waals surface area (Å²) in [5, 5.41) is 21.3. The van der Waals surface area contributed by atoms with Crippen molar-refractivity contribution in [2.24, 2.45) is 0 Å². The molecular formula is C28H22O4. The fourth-order valence-corrected chi connectivity index (χ4v) is 3.73. The standard InChI is InChI=1S/C28H22O4/c29-25(19-11-3-1-4-12-19)27(31)23-17-9-7-15-21(23)22-16-8-10-18-24(22)28(32)26(30)20-13-5-2-6-14-20/h1-18,25-26,29-30H. The highest BCUT2D eigenvalue weighted by Gasteiger charge is 2.26. The maximum absolute atomic E-state index is 13.2. The first-order chi connectivity index (χ1) is 15.6. The molecule has 158 valence electrons. The Morgan fingerprint density at radius 2 is 0.781 bits per heavy atom. The van der Waals surface area contributed by atoms with Crippen LogP contribution in [0.5, 0.6) is 0 Å². The first kappa shape index (κ1) is 21.4. The van der Waals surface area contributed by atoms with Gasteiger partial charge >= 0.3 is 0 Å². The van der Waals surface area contributed by atoms with E-state index in [0.29, 0.717) is 33.4 Å². The Morgan fingerprint density at radius 3 is 1.16 bits per heavy atom. The molecule has 32 heavy (non-hydrogen) atoms. The van der Waals surface area contributed by atoms with Crippen LogP contribution in [0.2, 0.25) is 0 Å². The summed E-state index contributed by atoms with van der Waals surface area (Å²) >= 11 is 0. The van der Waals surface area contributed by atoms with E-state index >= 15 is 0 Å². The second-order valence-corrected chi connectivity index (χ2v) is 7.45. The van der Waals surface area contributed by atoms with Crippen molar-refractivity contribution in [2.75, 3.05) is 0 Å². The number of hydrogen-bond acceptors (Lipinski definition) is 4. The van der Waals surface area contributed by atoms with E-state index in [1.807, 2.05) is 12.1 Å². The molecule has 0 aliphatic carbocycles. The van der Waals surface area contributed by atoms with Gasteiger partial charge in [0.05, 0.1) is 0 Å². The lowest BCUT2D eigenvalue weighted by atomic mass is 9.88. The third-order valence-electron chi connectivity index (χ3n) is 5.40. The average Bonchev–Trinajstić information content (AvgIpc) is 2.88. The number of carbonyl (C=O) groups is 2. The summed E-state index contributed by atoms with van der Waals surface area (Å²) in [7, 11) is 0. The molecule has 2 N–H and O–H groups in total. The second-order valence-electron chi connectivity index (χ2n) is 7.45. The zero-order valence-electron chi connectivity index (χ0n) is 17.3. The molecular weight excluding hydrogens is 400 g/mol. The van der Waals surface area contributed by atoms with Crippen molar-refractivity contribution in [3.8, 4) is 11.1 Å². The van der Waals surface area contributed by atoms with Crippen molar-refractivity contribution in [3.05, 3.63) is 131 Å². The minimum absolute atomic E-state index is 0.304. The molecule has 4 aromatic carbocycles. The molecule has 4 aromatic rings. The lowest BCUT2D eigenvalue weighted by Crippen LogP contribution is -2.15. The van der Waals surface area contributed by atoms with Crippen molar-refractivity contribution >= 4 is 11.6 Å². The van der Waals surface area contributed by atoms with E-state index in [1.54, 1.807) is 97.1 Å². The zero-order chi connectivity index (χ0) is 22.5. The van der Waals surface area contributed by atoms with E-state index in [-0.39, 0.29) is 0 Å². The Balaban J connectivity index is 1.75. The van der Waals surface area contributed by atoms with Gasteiger partial charge in [-0.2, -0.15) is 0 Å². The van der Waals surface area contributed by atoms with Crippen LogP contribution in [0.1, 0.15) is 44.1 Å². The lowest BCUT2D eigenvalue weighted by molar-refractivity contribution is 0.0742. The number of Topliss-reactive ketones (excluding diaryl/α,β-unsaturated/α-hetero) is 2. The predicted molar refractivity (Wildman–Crippen MR) is 123 cm³/mol. The molecule has 0 saturated heterocycles. The van der Waals surface area contributed by atoms with Gasteiger partial charge in [0.15, 0.2) is 11.6 Å². The molecule has 0 aromatic heterocycles. The molecule has 0 spiro atoms. The Hall–Kier alpha value is -3.86. The van der Waals surface area contributed by atoms with Gasteiger partial charge in [-0.1, -0.05) is 109 Å². The van der Waals surface area contributed by atoms with Crippen LogP contribution < -0.4 is 0 Å². The molecule has 0 radical (unpaired) electrons. The van der Waals surface area contributed by atoms with Crippen molar-refractivity contribution in [1.82, 2.24) is 0 Å². The Bertz CT molecular complexity index is 1130. The maximum atomic E-state index is 13.2. The largest absolute Gasteiger partial charge is 0.380 e. The molecule has 2 unspecified atom stereocenters. The van der Waals surface area contributed by atoms with Crippen LogP contribution in [0.4, 0.5) is 0 Å². The van der Waals surface area contributed by atoms with Gasteiger partial charge in [-0.25, -0.2) is 0 Å². The van der Waals surface area contributed by atoms with Gasteiger partial charge in [-0.05, 0) is 22.3 Å². The van der Waals surface area contributed by atoms with E-state index in [4.69, 9.17) is 0 Å². The van der Waals surface area contributed by atoms with E-state index in [0.717, 1.165) is 0 Å². The Kier molecular flexibility index (Phi) is 6.36. The third-order valence-corrected chi connectivity index (χ3v) is 5.40. The van der Waals surface area contributed by atoms with Crippen molar-refractivity contribution < 1.29 is 19.8 Å². The van der Waals surface area contributed by atoms with Gasteiger partial charge in [0.1, 0.15) is 12.2 Å². The number of ketones is 2. The summed E-state index contributed by atoms with van der Waals surface area (Å²) in [6.45, 7) is 0. The minimum atomic E-state index is -1.32. The molecule has 0 amide bonds. The van der Waals surface area contributed by atoms with Gasteiger partial charge in [0, 0.05) is 11.1 Å². The van der Waals surface area contributed by atoms with Crippen molar-refractivity contribution in [3.63, 3.8) is 0 Å². The van der Waals surface area contributed by atoms with E-state index in [9.17, 15) is 19.8 Å².